The quantitative estimate of drug-likeness (QED) is 0.160. The van der Waals surface area contributed by atoms with Crippen molar-refractivity contribution in [2.75, 3.05) is 4.90 Å². The molecule has 1 heterocycles. The fraction of sp³-hybridized carbons (Fsp3) is 0.0149. The van der Waals surface area contributed by atoms with Gasteiger partial charge in [0.1, 0.15) is 11.2 Å². The molecular formula is C67H41NO. The lowest BCUT2D eigenvalue weighted by molar-refractivity contribution is 0.669. The predicted octanol–water partition coefficient (Wildman–Crippen LogP) is 18.2. The zero-order valence-corrected chi connectivity index (χ0v) is 37.5. The zero-order chi connectivity index (χ0) is 45.2. The van der Waals surface area contributed by atoms with Crippen LogP contribution >= 0.6 is 0 Å². The first-order chi connectivity index (χ1) is 34.2. The molecule has 0 radical (unpaired) electrons. The van der Waals surface area contributed by atoms with Gasteiger partial charge in [-0.1, -0.05) is 188 Å². The van der Waals surface area contributed by atoms with E-state index in [9.17, 15) is 0 Å². The molecule has 0 aliphatic heterocycles. The first kappa shape index (κ1) is 38.2. The number of anilines is 3. The van der Waals surface area contributed by atoms with Gasteiger partial charge in [-0.05, 0) is 160 Å². The van der Waals surface area contributed by atoms with Gasteiger partial charge in [-0.2, -0.15) is 0 Å². The Morgan fingerprint density at radius 1 is 0.246 bits per heavy atom. The fourth-order valence-corrected chi connectivity index (χ4v) is 12.3. The Kier molecular flexibility index (Phi) is 8.02. The van der Waals surface area contributed by atoms with Crippen LogP contribution in [0.15, 0.2) is 253 Å². The minimum absolute atomic E-state index is 0.387. The normalized spacial score (nSPS) is 13.0. The highest BCUT2D eigenvalue weighted by Gasteiger charge is 2.51. The molecule has 1 spiro atoms. The number of rotatable bonds is 5. The Balaban J connectivity index is 0.873. The third kappa shape index (κ3) is 5.43. The number of hydrogen-bond donors (Lipinski definition) is 0. The number of hydrogen-bond acceptors (Lipinski definition) is 2. The van der Waals surface area contributed by atoms with Crippen molar-refractivity contribution < 1.29 is 4.42 Å². The van der Waals surface area contributed by atoms with Crippen LogP contribution in [0.25, 0.3) is 98.8 Å². The van der Waals surface area contributed by atoms with Crippen molar-refractivity contribution in [1.29, 1.82) is 0 Å². The maximum absolute atomic E-state index is 6.18. The second-order valence-electron chi connectivity index (χ2n) is 18.7. The van der Waals surface area contributed by atoms with Crippen molar-refractivity contribution in [1.82, 2.24) is 0 Å². The highest BCUT2D eigenvalue weighted by molar-refractivity contribution is 6.26. The van der Waals surface area contributed by atoms with Crippen LogP contribution < -0.4 is 4.90 Å². The molecule has 0 saturated heterocycles. The standard InChI is InChI=1S/C67H41NO/c1-2-15-51-49(13-1)50-14-3-4-16-52(50)59-41-48(35-37-53(51)59)68(46-31-25-42(26-32-46)44-30-38-66-60(39-44)58-20-8-12-24-65(58)69-66)47-33-27-43(28-34-47)45-29-36-57-56-19-7-11-23-63(56)67(64(57)40-45)61-21-9-5-17-54(61)55-18-6-10-22-62(55)67/h1-41H. The molecule has 0 bridgehead atoms. The molecule has 2 heteroatoms. The van der Waals surface area contributed by atoms with Crippen LogP contribution in [0.4, 0.5) is 17.1 Å². The van der Waals surface area contributed by atoms with Crippen molar-refractivity contribution in [3.63, 3.8) is 0 Å². The first-order valence-electron chi connectivity index (χ1n) is 23.9. The van der Waals surface area contributed by atoms with E-state index in [1.165, 1.54) is 88.0 Å². The summed E-state index contributed by atoms with van der Waals surface area (Å²) in [6.45, 7) is 0. The SMILES string of the molecule is c1ccc2c(c1)-c1ccccc1C21c2ccccc2-c2ccc(-c3ccc(N(c4ccc(-c5ccc6oc7ccccc7c6c5)cc4)c4ccc5c6ccccc6c6ccccc6c5c4)cc3)cc21. The highest BCUT2D eigenvalue weighted by atomic mass is 16.3. The van der Waals surface area contributed by atoms with Gasteiger partial charge in [0.05, 0.1) is 5.41 Å². The van der Waals surface area contributed by atoms with E-state index in [2.05, 4.69) is 241 Å². The lowest BCUT2D eigenvalue weighted by Gasteiger charge is -2.30. The predicted molar refractivity (Wildman–Crippen MR) is 288 cm³/mol. The van der Waals surface area contributed by atoms with E-state index in [1.807, 2.05) is 12.1 Å². The Bertz CT molecular complexity index is 4150. The monoisotopic (exact) mass is 875 g/mol. The Morgan fingerprint density at radius 2 is 0.652 bits per heavy atom. The van der Waals surface area contributed by atoms with Gasteiger partial charge in [0.15, 0.2) is 0 Å². The molecule has 0 N–H and O–H groups in total. The minimum atomic E-state index is -0.387. The van der Waals surface area contributed by atoms with E-state index in [4.69, 9.17) is 4.42 Å². The van der Waals surface area contributed by atoms with Gasteiger partial charge in [-0.25, -0.2) is 0 Å². The summed E-state index contributed by atoms with van der Waals surface area (Å²) in [7, 11) is 0. The highest BCUT2D eigenvalue weighted by Crippen LogP contribution is 2.63. The smallest absolute Gasteiger partial charge is 0.135 e. The third-order valence-corrected chi connectivity index (χ3v) is 15.3. The molecule has 2 aliphatic rings. The van der Waals surface area contributed by atoms with E-state index in [0.717, 1.165) is 50.1 Å². The molecule has 2 aliphatic carbocycles. The van der Waals surface area contributed by atoms with Gasteiger partial charge in [-0.3, -0.25) is 0 Å². The van der Waals surface area contributed by atoms with E-state index < -0.39 is 0 Å². The Morgan fingerprint density at radius 3 is 1.23 bits per heavy atom. The summed E-state index contributed by atoms with van der Waals surface area (Å²) >= 11 is 0. The second-order valence-corrected chi connectivity index (χ2v) is 18.7. The van der Waals surface area contributed by atoms with E-state index in [1.54, 1.807) is 0 Å². The molecule has 15 rings (SSSR count). The van der Waals surface area contributed by atoms with E-state index >= 15 is 0 Å². The summed E-state index contributed by atoms with van der Waals surface area (Å²) in [5.41, 5.74) is 20.1. The van der Waals surface area contributed by atoms with Gasteiger partial charge >= 0.3 is 0 Å². The number of nitrogens with zero attached hydrogens (tertiary/aromatic N) is 1. The molecule has 13 aromatic rings. The van der Waals surface area contributed by atoms with Gasteiger partial charge in [0.25, 0.3) is 0 Å². The Hall–Kier alpha value is -8.98. The van der Waals surface area contributed by atoms with Crippen molar-refractivity contribution in [2.24, 2.45) is 0 Å². The molecule has 1 aromatic heterocycles. The zero-order valence-electron chi connectivity index (χ0n) is 37.5. The molecule has 0 unspecified atom stereocenters. The average molecular weight is 876 g/mol. The van der Waals surface area contributed by atoms with Gasteiger partial charge in [0.2, 0.25) is 0 Å². The van der Waals surface area contributed by atoms with Crippen LogP contribution in [0, 0.1) is 0 Å². The molecule has 12 aromatic carbocycles. The summed E-state index contributed by atoms with van der Waals surface area (Å²) in [5.74, 6) is 0. The van der Waals surface area contributed by atoms with Gasteiger partial charge in [-0.15, -0.1) is 0 Å². The van der Waals surface area contributed by atoms with E-state index in [-0.39, 0.29) is 5.41 Å². The molecule has 2 nitrogen and oxygen atoms in total. The molecular weight excluding hydrogens is 835 g/mol. The summed E-state index contributed by atoms with van der Waals surface area (Å²) in [6.07, 6.45) is 0. The van der Waals surface area contributed by atoms with Crippen LogP contribution in [-0.4, -0.2) is 0 Å². The Labute approximate surface area is 399 Å². The van der Waals surface area contributed by atoms with Crippen LogP contribution in [0.3, 0.4) is 0 Å². The molecule has 0 saturated carbocycles. The second kappa shape index (κ2) is 14.5. The largest absolute Gasteiger partial charge is 0.456 e. The van der Waals surface area contributed by atoms with Crippen LogP contribution in [0.1, 0.15) is 22.3 Å². The maximum atomic E-state index is 6.18. The minimum Gasteiger partial charge on any atom is -0.456 e. The number of fused-ring (bicyclic) bond motifs is 19. The first-order valence-corrected chi connectivity index (χ1v) is 23.9. The summed E-state index contributed by atoms with van der Waals surface area (Å²) in [6, 6.07) is 91.9. The molecule has 69 heavy (non-hydrogen) atoms. The number of benzene rings is 12. The lowest BCUT2D eigenvalue weighted by Crippen LogP contribution is -2.25. The summed E-state index contributed by atoms with van der Waals surface area (Å²) < 4.78 is 6.18. The van der Waals surface area contributed by atoms with Crippen molar-refractivity contribution in [2.45, 2.75) is 5.41 Å². The van der Waals surface area contributed by atoms with Crippen LogP contribution in [-0.2, 0) is 5.41 Å². The van der Waals surface area contributed by atoms with Crippen molar-refractivity contribution in [3.05, 3.63) is 271 Å². The molecule has 0 fully saturated rings. The summed E-state index contributed by atoms with van der Waals surface area (Å²) in [4.78, 5) is 2.41. The molecule has 0 amide bonds. The fourth-order valence-electron chi connectivity index (χ4n) is 12.3. The van der Waals surface area contributed by atoms with Crippen LogP contribution in [0.2, 0.25) is 0 Å². The maximum Gasteiger partial charge on any atom is 0.135 e. The van der Waals surface area contributed by atoms with Gasteiger partial charge < -0.3 is 9.32 Å². The van der Waals surface area contributed by atoms with Crippen molar-refractivity contribution in [3.8, 4) is 44.5 Å². The summed E-state index contributed by atoms with van der Waals surface area (Å²) in [5, 5.41) is 9.83. The van der Waals surface area contributed by atoms with E-state index in [0.29, 0.717) is 0 Å². The topological polar surface area (TPSA) is 16.4 Å². The number of para-hydroxylation sites is 1. The van der Waals surface area contributed by atoms with Crippen LogP contribution in [0.5, 0.6) is 0 Å². The third-order valence-electron chi connectivity index (χ3n) is 15.3. The molecule has 0 atom stereocenters. The lowest BCUT2D eigenvalue weighted by atomic mass is 9.70. The van der Waals surface area contributed by atoms with Crippen molar-refractivity contribution >= 4 is 71.3 Å². The van der Waals surface area contributed by atoms with Gasteiger partial charge in [0, 0.05) is 27.8 Å². The number of furan rings is 1. The average Bonchev–Trinajstić information content (AvgIpc) is 4.05. The molecule has 320 valence electrons.